The molecule has 132 valence electrons. The predicted octanol–water partition coefficient (Wildman–Crippen LogP) is 2.99. The van der Waals surface area contributed by atoms with E-state index >= 15 is 0 Å². The quantitative estimate of drug-likeness (QED) is 0.725. The predicted molar refractivity (Wildman–Crippen MR) is 102 cm³/mol. The molecule has 1 saturated heterocycles. The number of aromatic nitrogens is 1. The molecule has 1 atom stereocenters. The second-order valence-electron chi connectivity index (χ2n) is 6.75. The molecule has 0 unspecified atom stereocenters. The summed E-state index contributed by atoms with van der Waals surface area (Å²) in [5.41, 5.74) is 1.33. The number of nitrogens with zero attached hydrogens (tertiary/aromatic N) is 2. The van der Waals surface area contributed by atoms with E-state index in [4.69, 9.17) is 0 Å². The first-order valence-corrected chi connectivity index (χ1v) is 8.96. The normalized spacial score (nSPS) is 17.4. The first-order valence-electron chi connectivity index (χ1n) is 8.96. The monoisotopic (exact) mass is 347 g/mol. The van der Waals surface area contributed by atoms with Gasteiger partial charge in [-0.15, -0.1) is 0 Å². The summed E-state index contributed by atoms with van der Waals surface area (Å²) in [5.74, 6) is -0.186. The van der Waals surface area contributed by atoms with Gasteiger partial charge in [0.25, 0.3) is 5.91 Å². The maximum absolute atomic E-state index is 13.3. The van der Waals surface area contributed by atoms with E-state index in [-0.39, 0.29) is 17.7 Å². The number of rotatable bonds is 2. The summed E-state index contributed by atoms with van der Waals surface area (Å²) in [7, 11) is 1.64. The Morgan fingerprint density at radius 3 is 2.81 bits per heavy atom. The Kier molecular flexibility index (Phi) is 4.29. The van der Waals surface area contributed by atoms with E-state index in [1.165, 1.54) is 0 Å². The third kappa shape index (κ3) is 2.79. The smallest absolute Gasteiger partial charge is 0.256 e. The van der Waals surface area contributed by atoms with Crippen LogP contribution < -0.4 is 5.32 Å². The van der Waals surface area contributed by atoms with Crippen molar-refractivity contribution in [3.63, 3.8) is 0 Å². The first-order chi connectivity index (χ1) is 12.7. The zero-order valence-corrected chi connectivity index (χ0v) is 14.7. The Labute approximate surface area is 152 Å². The second-order valence-corrected chi connectivity index (χ2v) is 6.75. The maximum Gasteiger partial charge on any atom is 0.256 e. The van der Waals surface area contributed by atoms with Gasteiger partial charge in [-0.1, -0.05) is 30.3 Å². The van der Waals surface area contributed by atoms with E-state index in [1.54, 1.807) is 18.1 Å². The van der Waals surface area contributed by atoms with Crippen molar-refractivity contribution in [2.45, 2.75) is 12.8 Å². The zero-order chi connectivity index (χ0) is 18.1. The molecule has 0 spiro atoms. The summed E-state index contributed by atoms with van der Waals surface area (Å²) in [6, 6.07) is 13.9. The van der Waals surface area contributed by atoms with Gasteiger partial charge in [-0.05, 0) is 35.7 Å². The highest BCUT2D eigenvalue weighted by Gasteiger charge is 2.29. The van der Waals surface area contributed by atoms with Gasteiger partial charge in [0.1, 0.15) is 0 Å². The highest BCUT2D eigenvalue weighted by atomic mass is 16.2. The number of likely N-dealkylation sites (tertiary alicyclic amines) is 1. The number of pyridine rings is 1. The molecule has 1 aliphatic heterocycles. The summed E-state index contributed by atoms with van der Waals surface area (Å²) < 4.78 is 0. The van der Waals surface area contributed by atoms with Crippen LogP contribution in [0.3, 0.4) is 0 Å². The fourth-order valence-electron chi connectivity index (χ4n) is 3.84. The van der Waals surface area contributed by atoms with Gasteiger partial charge < -0.3 is 10.2 Å². The SMILES string of the molecule is CNC(=O)[C@H]1CCCN(C(=O)c2cc3ccccc3c3cccnc23)C1. The van der Waals surface area contributed by atoms with Crippen LogP contribution in [0.5, 0.6) is 0 Å². The lowest BCUT2D eigenvalue weighted by atomic mass is 9.95. The average molecular weight is 347 g/mol. The van der Waals surface area contributed by atoms with E-state index in [0.29, 0.717) is 18.7 Å². The van der Waals surface area contributed by atoms with Crippen molar-refractivity contribution in [3.05, 3.63) is 54.2 Å². The average Bonchev–Trinajstić information content (AvgIpc) is 2.72. The summed E-state index contributed by atoms with van der Waals surface area (Å²) in [6.45, 7) is 1.13. The molecule has 2 amide bonds. The van der Waals surface area contributed by atoms with Crippen molar-refractivity contribution in [1.82, 2.24) is 15.2 Å². The lowest BCUT2D eigenvalue weighted by molar-refractivity contribution is -0.125. The van der Waals surface area contributed by atoms with Crippen molar-refractivity contribution in [2.75, 3.05) is 20.1 Å². The highest BCUT2D eigenvalue weighted by molar-refractivity contribution is 6.15. The Bertz CT molecular complexity index is 999. The van der Waals surface area contributed by atoms with Crippen LogP contribution in [0.2, 0.25) is 0 Å². The number of hydrogen-bond donors (Lipinski definition) is 1. The lowest BCUT2D eigenvalue weighted by Crippen LogP contribution is -2.44. The number of hydrogen-bond acceptors (Lipinski definition) is 3. The van der Waals surface area contributed by atoms with E-state index < -0.39 is 0 Å². The van der Waals surface area contributed by atoms with Crippen LogP contribution in [0.15, 0.2) is 48.7 Å². The minimum absolute atomic E-state index is 0.00370. The third-order valence-electron chi connectivity index (χ3n) is 5.17. The topological polar surface area (TPSA) is 62.3 Å². The van der Waals surface area contributed by atoms with Crippen molar-refractivity contribution in [2.24, 2.45) is 5.92 Å². The van der Waals surface area contributed by atoms with E-state index in [0.717, 1.165) is 34.5 Å². The number of nitrogens with one attached hydrogen (secondary N) is 1. The molecule has 5 nitrogen and oxygen atoms in total. The van der Waals surface area contributed by atoms with Gasteiger partial charge in [0.15, 0.2) is 0 Å². The minimum atomic E-state index is -0.141. The number of amides is 2. The molecule has 26 heavy (non-hydrogen) atoms. The molecule has 5 heteroatoms. The Balaban J connectivity index is 1.77. The maximum atomic E-state index is 13.3. The Hall–Kier alpha value is -2.95. The molecule has 1 N–H and O–H groups in total. The van der Waals surface area contributed by atoms with Gasteiger partial charge in [0.05, 0.1) is 17.0 Å². The van der Waals surface area contributed by atoms with Gasteiger partial charge in [0.2, 0.25) is 5.91 Å². The van der Waals surface area contributed by atoms with Gasteiger partial charge in [0, 0.05) is 31.7 Å². The number of carbonyl (C=O) groups is 2. The van der Waals surface area contributed by atoms with Crippen LogP contribution >= 0.6 is 0 Å². The summed E-state index contributed by atoms with van der Waals surface area (Å²) in [4.78, 5) is 31.5. The van der Waals surface area contributed by atoms with E-state index in [2.05, 4.69) is 16.4 Å². The number of carbonyl (C=O) groups excluding carboxylic acids is 2. The number of benzene rings is 2. The van der Waals surface area contributed by atoms with E-state index in [9.17, 15) is 9.59 Å². The highest BCUT2D eigenvalue weighted by Crippen LogP contribution is 2.29. The van der Waals surface area contributed by atoms with Crippen LogP contribution in [0.25, 0.3) is 21.7 Å². The van der Waals surface area contributed by atoms with Gasteiger partial charge >= 0.3 is 0 Å². The fraction of sp³-hybridized carbons (Fsp3) is 0.286. The lowest BCUT2D eigenvalue weighted by Gasteiger charge is -2.32. The first kappa shape index (κ1) is 16.5. The van der Waals surface area contributed by atoms with Crippen LogP contribution in [0.4, 0.5) is 0 Å². The standard InChI is InChI=1S/C21H21N3O2/c1-22-20(25)15-7-5-11-24(13-15)21(26)18-12-14-6-2-3-8-16(14)17-9-4-10-23-19(17)18/h2-4,6,8-10,12,15H,5,7,11,13H2,1H3,(H,22,25)/t15-/m0/s1. The molecule has 0 aliphatic carbocycles. The van der Waals surface area contributed by atoms with Crippen molar-refractivity contribution >= 4 is 33.5 Å². The van der Waals surface area contributed by atoms with E-state index in [1.807, 2.05) is 36.4 Å². The van der Waals surface area contributed by atoms with Crippen LogP contribution in [-0.4, -0.2) is 41.8 Å². The number of piperidine rings is 1. The van der Waals surface area contributed by atoms with Crippen molar-refractivity contribution in [1.29, 1.82) is 0 Å². The van der Waals surface area contributed by atoms with Gasteiger partial charge in [-0.2, -0.15) is 0 Å². The molecule has 2 aromatic carbocycles. The Morgan fingerprint density at radius 2 is 1.96 bits per heavy atom. The van der Waals surface area contributed by atoms with Crippen LogP contribution in [0, 0.1) is 5.92 Å². The molecule has 1 aliphatic rings. The van der Waals surface area contributed by atoms with Crippen molar-refractivity contribution < 1.29 is 9.59 Å². The second kappa shape index (κ2) is 6.75. The molecule has 0 radical (unpaired) electrons. The molecular weight excluding hydrogens is 326 g/mol. The minimum Gasteiger partial charge on any atom is -0.359 e. The molecule has 1 fully saturated rings. The third-order valence-corrected chi connectivity index (χ3v) is 5.17. The van der Waals surface area contributed by atoms with Crippen LogP contribution in [-0.2, 0) is 4.79 Å². The van der Waals surface area contributed by atoms with Crippen LogP contribution in [0.1, 0.15) is 23.2 Å². The molecule has 3 aromatic rings. The Morgan fingerprint density at radius 1 is 1.15 bits per heavy atom. The summed E-state index contributed by atoms with van der Waals surface area (Å²) in [5, 5.41) is 5.79. The summed E-state index contributed by atoms with van der Waals surface area (Å²) in [6.07, 6.45) is 3.38. The number of fused-ring (bicyclic) bond motifs is 3. The van der Waals surface area contributed by atoms with Crippen molar-refractivity contribution in [3.8, 4) is 0 Å². The summed E-state index contributed by atoms with van der Waals surface area (Å²) >= 11 is 0. The molecule has 1 aromatic heterocycles. The van der Waals surface area contributed by atoms with Gasteiger partial charge in [-0.3, -0.25) is 14.6 Å². The molecule has 2 heterocycles. The molecule has 0 bridgehead atoms. The molecule has 4 rings (SSSR count). The largest absolute Gasteiger partial charge is 0.359 e. The molecular formula is C21H21N3O2. The zero-order valence-electron chi connectivity index (χ0n) is 14.7. The molecule has 0 saturated carbocycles. The van der Waals surface area contributed by atoms with Gasteiger partial charge in [-0.25, -0.2) is 0 Å². The fourth-order valence-corrected chi connectivity index (χ4v) is 3.84.